The molecule has 6 nitrogen and oxygen atoms in total. The molecule has 0 amide bonds. The highest BCUT2D eigenvalue weighted by molar-refractivity contribution is 5.48. The van der Waals surface area contributed by atoms with Crippen molar-refractivity contribution in [1.29, 1.82) is 5.26 Å². The van der Waals surface area contributed by atoms with Gasteiger partial charge in [0.15, 0.2) is 0 Å². The monoisotopic (exact) mass is 444 g/mol. The summed E-state index contributed by atoms with van der Waals surface area (Å²) in [7, 11) is 0. The van der Waals surface area contributed by atoms with Crippen molar-refractivity contribution >= 4 is 11.6 Å². The number of hydrogen-bond acceptors (Lipinski definition) is 6. The summed E-state index contributed by atoms with van der Waals surface area (Å²) in [5.74, 6) is 0.470. The molecule has 1 saturated carbocycles. The molecule has 2 N–H and O–H groups in total. The van der Waals surface area contributed by atoms with Gasteiger partial charge in [-0.1, -0.05) is 12.8 Å². The summed E-state index contributed by atoms with van der Waals surface area (Å²) in [5.41, 5.74) is 0.540. The molecule has 3 unspecified atom stereocenters. The Kier molecular flexibility index (Phi) is 6.80. The molecule has 0 spiro atoms. The minimum Gasteiger partial charge on any atom is -0.370 e. The molecule has 2 aliphatic rings. The lowest BCUT2D eigenvalue weighted by atomic mass is 9.89. The van der Waals surface area contributed by atoms with E-state index >= 15 is 0 Å². The van der Waals surface area contributed by atoms with E-state index in [1.165, 1.54) is 0 Å². The van der Waals surface area contributed by atoms with Crippen LogP contribution in [0.3, 0.4) is 0 Å². The normalized spacial score (nSPS) is 24.1. The summed E-state index contributed by atoms with van der Waals surface area (Å²) in [5, 5.41) is 16.3. The molecule has 9 heteroatoms. The number of aromatic nitrogens is 2. The molecule has 1 saturated heterocycles. The van der Waals surface area contributed by atoms with Gasteiger partial charge in [-0.15, -0.1) is 0 Å². The minimum absolute atomic E-state index is 0.166. The van der Waals surface area contributed by atoms with Crippen LogP contribution in [0.5, 0.6) is 0 Å². The summed E-state index contributed by atoms with van der Waals surface area (Å²) < 4.78 is 38.6. The first kappa shape index (κ1) is 22.3. The van der Waals surface area contributed by atoms with Gasteiger partial charge in [-0.05, 0) is 56.0 Å². The first-order valence-electron chi connectivity index (χ1n) is 11.1. The summed E-state index contributed by atoms with van der Waals surface area (Å²) in [6.45, 7) is 1.60. The number of halogens is 3. The Morgan fingerprint density at radius 1 is 1.00 bits per heavy atom. The molecule has 3 atom stereocenters. The van der Waals surface area contributed by atoms with E-state index in [1.54, 1.807) is 24.4 Å². The Bertz CT molecular complexity index is 940. The number of rotatable bonds is 5. The fraction of sp³-hybridized carbons (Fsp3) is 0.522. The Hall–Kier alpha value is -2.86. The van der Waals surface area contributed by atoms with Crippen LogP contribution in [-0.4, -0.2) is 41.2 Å². The number of hydrogen-bond donors (Lipinski definition) is 2. The first-order chi connectivity index (χ1) is 15.4. The molecule has 2 fully saturated rings. The lowest BCUT2D eigenvalue weighted by Gasteiger charge is -2.40. The van der Waals surface area contributed by atoms with Gasteiger partial charge in [-0.3, -0.25) is 0 Å². The highest BCUT2D eigenvalue weighted by atomic mass is 19.4. The van der Waals surface area contributed by atoms with Crippen LogP contribution >= 0.6 is 0 Å². The fourth-order valence-corrected chi connectivity index (χ4v) is 4.67. The molecule has 1 aromatic carbocycles. The van der Waals surface area contributed by atoms with Crippen LogP contribution in [-0.2, 0) is 6.18 Å². The summed E-state index contributed by atoms with van der Waals surface area (Å²) in [6.07, 6.45) is 3.57. The van der Waals surface area contributed by atoms with Crippen LogP contribution < -0.4 is 15.5 Å². The molecule has 4 rings (SSSR count). The van der Waals surface area contributed by atoms with Crippen molar-refractivity contribution < 1.29 is 13.2 Å². The predicted molar refractivity (Wildman–Crippen MR) is 116 cm³/mol. The highest BCUT2D eigenvalue weighted by Gasteiger charge is 2.32. The molecule has 32 heavy (non-hydrogen) atoms. The summed E-state index contributed by atoms with van der Waals surface area (Å²) >= 11 is 0. The Labute approximate surface area is 185 Å². The Morgan fingerprint density at radius 2 is 1.75 bits per heavy atom. The molecule has 1 aromatic heterocycles. The zero-order chi connectivity index (χ0) is 22.6. The van der Waals surface area contributed by atoms with Crippen molar-refractivity contribution in [3.8, 4) is 6.07 Å². The number of anilines is 2. The lowest BCUT2D eigenvalue weighted by molar-refractivity contribution is -0.137. The first-order valence-corrected chi connectivity index (χ1v) is 11.1. The zero-order valence-corrected chi connectivity index (χ0v) is 17.8. The number of alkyl halides is 3. The van der Waals surface area contributed by atoms with Crippen molar-refractivity contribution in [1.82, 2.24) is 15.3 Å². The Morgan fingerprint density at radius 3 is 2.47 bits per heavy atom. The van der Waals surface area contributed by atoms with Crippen molar-refractivity contribution in [2.45, 2.75) is 62.8 Å². The minimum atomic E-state index is -4.32. The van der Waals surface area contributed by atoms with E-state index in [-0.39, 0.29) is 18.1 Å². The van der Waals surface area contributed by atoms with Gasteiger partial charge in [0, 0.05) is 43.1 Å². The second-order valence-electron chi connectivity index (χ2n) is 8.52. The molecule has 1 aliphatic carbocycles. The summed E-state index contributed by atoms with van der Waals surface area (Å²) in [4.78, 5) is 10.7. The van der Waals surface area contributed by atoms with Crippen molar-refractivity contribution in [2.75, 3.05) is 23.3 Å². The van der Waals surface area contributed by atoms with Crippen LogP contribution in [0.15, 0.2) is 36.5 Å². The van der Waals surface area contributed by atoms with Crippen molar-refractivity contribution in [3.05, 3.63) is 47.8 Å². The van der Waals surface area contributed by atoms with Gasteiger partial charge in [-0.25, -0.2) is 9.97 Å². The standard InChI is InChI=1S/C23H27F3N6/c24-23(25,26)16-7-9-19(10-8-16)32-13-3-4-18(15-32)29-20-5-1-2-6-21(20)31-22-28-12-11-17(14-27)30-22/h7-12,18,20-21,29H,1-6,13,15H2,(H,28,30,31). The molecular formula is C23H27F3N6. The van der Waals surface area contributed by atoms with Crippen LogP contribution in [0.4, 0.5) is 24.8 Å². The van der Waals surface area contributed by atoms with E-state index < -0.39 is 11.7 Å². The van der Waals surface area contributed by atoms with Gasteiger partial charge in [-0.2, -0.15) is 18.4 Å². The Balaban J connectivity index is 1.39. The molecule has 0 bridgehead atoms. The van der Waals surface area contributed by atoms with Gasteiger partial charge in [0.2, 0.25) is 5.95 Å². The number of nitrogens with zero attached hydrogens (tertiary/aromatic N) is 4. The molecule has 170 valence electrons. The maximum absolute atomic E-state index is 12.9. The van der Waals surface area contributed by atoms with Gasteiger partial charge >= 0.3 is 6.18 Å². The number of benzene rings is 1. The molecule has 1 aliphatic heterocycles. The third-order valence-corrected chi connectivity index (χ3v) is 6.28. The van der Waals surface area contributed by atoms with Gasteiger partial charge in [0.25, 0.3) is 0 Å². The predicted octanol–water partition coefficient (Wildman–Crippen LogP) is 4.35. The molecule has 2 aromatic rings. The van der Waals surface area contributed by atoms with E-state index in [4.69, 9.17) is 5.26 Å². The number of nitrogens with one attached hydrogen (secondary N) is 2. The van der Waals surface area contributed by atoms with Crippen LogP contribution in [0, 0.1) is 11.3 Å². The maximum atomic E-state index is 12.9. The quantitative estimate of drug-likeness (QED) is 0.714. The topological polar surface area (TPSA) is 76.9 Å². The van der Waals surface area contributed by atoms with Crippen molar-refractivity contribution in [2.24, 2.45) is 0 Å². The SMILES string of the molecule is N#Cc1ccnc(NC2CCCCC2NC2CCCN(c3ccc(C(F)(F)F)cc3)C2)n1. The second-order valence-corrected chi connectivity index (χ2v) is 8.52. The largest absolute Gasteiger partial charge is 0.416 e. The maximum Gasteiger partial charge on any atom is 0.416 e. The van der Waals surface area contributed by atoms with E-state index in [0.29, 0.717) is 11.6 Å². The van der Waals surface area contributed by atoms with Crippen molar-refractivity contribution in [3.63, 3.8) is 0 Å². The average molecular weight is 445 g/mol. The van der Waals surface area contributed by atoms with E-state index in [2.05, 4.69) is 25.5 Å². The van der Waals surface area contributed by atoms with Crippen LogP contribution in [0.1, 0.15) is 49.8 Å². The average Bonchev–Trinajstić information content (AvgIpc) is 2.80. The zero-order valence-electron chi connectivity index (χ0n) is 17.8. The molecule has 2 heterocycles. The van der Waals surface area contributed by atoms with Crippen LogP contribution in [0.25, 0.3) is 0 Å². The van der Waals surface area contributed by atoms with Gasteiger partial charge in [0.1, 0.15) is 11.8 Å². The third kappa shape index (κ3) is 5.49. The summed E-state index contributed by atoms with van der Waals surface area (Å²) in [6, 6.07) is 9.73. The van der Waals surface area contributed by atoms with Gasteiger partial charge < -0.3 is 15.5 Å². The lowest BCUT2D eigenvalue weighted by Crippen LogP contribution is -2.55. The third-order valence-electron chi connectivity index (χ3n) is 6.28. The van der Waals surface area contributed by atoms with Crippen LogP contribution in [0.2, 0.25) is 0 Å². The fourth-order valence-electron chi connectivity index (χ4n) is 4.67. The highest BCUT2D eigenvalue weighted by Crippen LogP contribution is 2.31. The molecular weight excluding hydrogens is 417 g/mol. The smallest absolute Gasteiger partial charge is 0.370 e. The van der Waals surface area contributed by atoms with E-state index in [1.807, 2.05) is 6.07 Å². The van der Waals surface area contributed by atoms with E-state index in [0.717, 1.165) is 69.4 Å². The second kappa shape index (κ2) is 9.74. The number of piperidine rings is 1. The number of nitriles is 1. The molecule has 0 radical (unpaired) electrons. The van der Waals surface area contributed by atoms with E-state index in [9.17, 15) is 13.2 Å². The van der Waals surface area contributed by atoms with Gasteiger partial charge in [0.05, 0.1) is 5.56 Å².